The van der Waals surface area contributed by atoms with Gasteiger partial charge in [0.15, 0.2) is 0 Å². The molecule has 1 aliphatic carbocycles. The number of hydrogen-bond acceptors (Lipinski definition) is 5. The molecule has 5 rings (SSSR count). The monoisotopic (exact) mass is 427 g/mol. The van der Waals surface area contributed by atoms with Crippen LogP contribution in [0.15, 0.2) is 65.7 Å². The van der Waals surface area contributed by atoms with E-state index in [1.165, 1.54) is 0 Å². The maximum absolute atomic E-state index is 11.3. The first-order valence-corrected chi connectivity index (χ1v) is 10.8. The van der Waals surface area contributed by atoms with E-state index in [9.17, 15) is 9.90 Å². The van der Waals surface area contributed by atoms with Crippen molar-refractivity contribution in [1.29, 1.82) is 0 Å². The van der Waals surface area contributed by atoms with E-state index in [-0.39, 0.29) is 0 Å². The van der Waals surface area contributed by atoms with Crippen LogP contribution in [0.2, 0.25) is 0 Å². The van der Waals surface area contributed by atoms with Crippen molar-refractivity contribution in [1.82, 2.24) is 15.7 Å². The first-order valence-electron chi connectivity index (χ1n) is 10.8. The quantitative estimate of drug-likeness (QED) is 0.373. The lowest BCUT2D eigenvalue weighted by Crippen LogP contribution is -2.50. The van der Waals surface area contributed by atoms with Crippen molar-refractivity contribution in [3.8, 4) is 22.4 Å². The van der Waals surface area contributed by atoms with Crippen molar-refractivity contribution in [3.63, 3.8) is 0 Å². The zero-order valence-corrected chi connectivity index (χ0v) is 17.6. The first-order chi connectivity index (χ1) is 15.6. The van der Waals surface area contributed by atoms with Gasteiger partial charge in [-0.1, -0.05) is 54.6 Å². The molecule has 1 fully saturated rings. The van der Waals surface area contributed by atoms with Crippen molar-refractivity contribution in [2.75, 3.05) is 6.54 Å². The lowest BCUT2D eigenvalue weighted by Gasteiger charge is -2.42. The highest BCUT2D eigenvalue weighted by molar-refractivity contribution is 6.02. The molecule has 0 bridgehead atoms. The number of hydrogen-bond donors (Lipinski definition) is 4. The number of aromatic nitrogens is 1. The zero-order valence-electron chi connectivity index (χ0n) is 17.6. The van der Waals surface area contributed by atoms with Crippen molar-refractivity contribution in [2.45, 2.75) is 31.2 Å². The minimum absolute atomic E-state index is 0.478. The van der Waals surface area contributed by atoms with Gasteiger partial charge in [0.2, 0.25) is 0 Å². The summed E-state index contributed by atoms with van der Waals surface area (Å²) in [5, 5.41) is 12.0. The van der Waals surface area contributed by atoms with Gasteiger partial charge in [-0.15, -0.1) is 0 Å². The number of amidine groups is 1. The number of pyridine rings is 1. The minimum Gasteiger partial charge on any atom is -0.465 e. The highest BCUT2D eigenvalue weighted by Crippen LogP contribution is 2.42. The molecule has 1 aromatic heterocycles. The Morgan fingerprint density at radius 1 is 1.00 bits per heavy atom. The van der Waals surface area contributed by atoms with E-state index >= 15 is 0 Å². The number of nitrogens with two attached hydrogens (primary N) is 1. The Bertz CT molecular complexity index is 1180. The molecule has 7 nitrogen and oxygen atoms in total. The van der Waals surface area contributed by atoms with E-state index in [4.69, 9.17) is 10.8 Å². The molecule has 0 radical (unpaired) electrons. The maximum atomic E-state index is 11.3. The van der Waals surface area contributed by atoms with Gasteiger partial charge in [-0.3, -0.25) is 9.98 Å². The normalized spacial score (nSPS) is 16.3. The van der Waals surface area contributed by atoms with Crippen molar-refractivity contribution in [3.05, 3.63) is 77.5 Å². The number of rotatable bonds is 4. The van der Waals surface area contributed by atoms with Crippen LogP contribution in [0.25, 0.3) is 22.4 Å². The molecule has 0 atom stereocenters. The Kier molecular flexibility index (Phi) is 5.11. The summed E-state index contributed by atoms with van der Waals surface area (Å²) >= 11 is 0. The molecule has 162 valence electrons. The fraction of sp³-hybridized carbons (Fsp3) is 0.240. The Morgan fingerprint density at radius 3 is 2.38 bits per heavy atom. The van der Waals surface area contributed by atoms with E-state index in [0.29, 0.717) is 12.4 Å². The van der Waals surface area contributed by atoms with Gasteiger partial charge in [0, 0.05) is 29.7 Å². The van der Waals surface area contributed by atoms with E-state index < -0.39 is 11.6 Å². The minimum atomic E-state index is -0.984. The van der Waals surface area contributed by atoms with Gasteiger partial charge in [-0.2, -0.15) is 0 Å². The Hall–Kier alpha value is -3.71. The zero-order chi connectivity index (χ0) is 22.1. The summed E-state index contributed by atoms with van der Waals surface area (Å²) in [6.07, 6.45) is 2.43. The fourth-order valence-electron chi connectivity index (χ4n) is 4.66. The van der Waals surface area contributed by atoms with Crippen LogP contribution in [0, 0.1) is 0 Å². The standard InChI is InChI=1S/C25H25N5O2/c26-30-23-20-15-19(16-5-2-1-3-6-16)22(28-21(20)11-14-27-23)17-7-9-18(10-8-17)25(12-4-13-25)29-24(31)32/h1-3,5-10,15,29H,4,11-14,26H2,(H,27,30)(H,31,32). The maximum Gasteiger partial charge on any atom is 0.405 e. The summed E-state index contributed by atoms with van der Waals surface area (Å²) in [5.41, 5.74) is 9.07. The van der Waals surface area contributed by atoms with Gasteiger partial charge in [-0.25, -0.2) is 10.6 Å². The number of amides is 1. The van der Waals surface area contributed by atoms with Crippen molar-refractivity contribution >= 4 is 11.9 Å². The van der Waals surface area contributed by atoms with Gasteiger partial charge >= 0.3 is 6.09 Å². The van der Waals surface area contributed by atoms with Gasteiger partial charge < -0.3 is 15.8 Å². The predicted molar refractivity (Wildman–Crippen MR) is 124 cm³/mol. The Labute approximate surface area is 186 Å². The number of aliphatic imine (C=N–C) groups is 1. The molecule has 0 saturated heterocycles. The van der Waals surface area contributed by atoms with E-state index in [1.54, 1.807) is 0 Å². The van der Waals surface area contributed by atoms with Crippen molar-refractivity contribution in [2.24, 2.45) is 10.8 Å². The molecular weight excluding hydrogens is 402 g/mol. The Morgan fingerprint density at radius 2 is 1.75 bits per heavy atom. The average molecular weight is 428 g/mol. The summed E-state index contributed by atoms with van der Waals surface area (Å²) in [4.78, 5) is 20.9. The smallest absolute Gasteiger partial charge is 0.405 e. The molecule has 2 aromatic carbocycles. The number of nitrogens with zero attached hydrogens (tertiary/aromatic N) is 2. The number of carbonyl (C=O) groups is 1. The molecule has 1 saturated carbocycles. The van der Waals surface area contributed by atoms with Gasteiger partial charge in [0.1, 0.15) is 5.84 Å². The summed E-state index contributed by atoms with van der Waals surface area (Å²) in [5.74, 6) is 6.37. The lowest BCUT2D eigenvalue weighted by molar-refractivity contribution is 0.144. The molecule has 2 aliphatic rings. The predicted octanol–water partition coefficient (Wildman–Crippen LogP) is 3.83. The molecule has 3 aromatic rings. The van der Waals surface area contributed by atoms with Crippen LogP contribution in [-0.4, -0.2) is 28.6 Å². The molecule has 5 N–H and O–H groups in total. The van der Waals surface area contributed by atoms with Crippen LogP contribution < -0.4 is 16.6 Å². The van der Waals surface area contributed by atoms with E-state index in [0.717, 1.165) is 64.9 Å². The van der Waals surface area contributed by atoms with Crippen molar-refractivity contribution < 1.29 is 9.90 Å². The second kappa shape index (κ2) is 8.09. The topological polar surface area (TPSA) is 113 Å². The summed E-state index contributed by atoms with van der Waals surface area (Å²) in [6.45, 7) is 0.645. The second-order valence-electron chi connectivity index (χ2n) is 8.31. The highest BCUT2D eigenvalue weighted by Gasteiger charge is 2.40. The third-order valence-corrected chi connectivity index (χ3v) is 6.46. The summed E-state index contributed by atoms with van der Waals surface area (Å²) < 4.78 is 0. The Balaban J connectivity index is 1.60. The molecule has 32 heavy (non-hydrogen) atoms. The van der Waals surface area contributed by atoms with Gasteiger partial charge in [-0.05, 0) is 36.5 Å². The number of hydrazine groups is 1. The molecule has 2 heterocycles. The number of benzene rings is 2. The average Bonchev–Trinajstić information content (AvgIpc) is 2.80. The highest BCUT2D eigenvalue weighted by atomic mass is 16.4. The summed E-state index contributed by atoms with van der Waals surface area (Å²) in [7, 11) is 0. The van der Waals surface area contributed by atoms with Crippen LogP contribution in [0.3, 0.4) is 0 Å². The lowest BCUT2D eigenvalue weighted by atomic mass is 9.71. The molecular formula is C25H25N5O2. The third-order valence-electron chi connectivity index (χ3n) is 6.46. The van der Waals surface area contributed by atoms with Gasteiger partial charge in [0.25, 0.3) is 0 Å². The third kappa shape index (κ3) is 3.50. The second-order valence-corrected chi connectivity index (χ2v) is 8.31. The first kappa shape index (κ1) is 20.2. The van der Waals surface area contributed by atoms with Crippen LogP contribution in [-0.2, 0) is 12.0 Å². The van der Waals surface area contributed by atoms with Crippen LogP contribution >= 0.6 is 0 Å². The summed E-state index contributed by atoms with van der Waals surface area (Å²) in [6, 6.07) is 20.4. The molecule has 0 spiro atoms. The molecule has 0 unspecified atom stereocenters. The van der Waals surface area contributed by atoms with Crippen LogP contribution in [0.5, 0.6) is 0 Å². The fourth-order valence-corrected chi connectivity index (χ4v) is 4.66. The molecule has 1 amide bonds. The van der Waals surface area contributed by atoms with Crippen LogP contribution in [0.1, 0.15) is 36.1 Å². The van der Waals surface area contributed by atoms with Crippen LogP contribution in [0.4, 0.5) is 4.79 Å². The molecule has 1 aliphatic heterocycles. The number of fused-ring (bicyclic) bond motifs is 1. The number of carboxylic acid groups (broad SMARTS) is 1. The molecule has 7 heteroatoms. The SMILES string of the molecule is NNC1=NCCc2nc(-c3ccc(C4(NC(=O)O)CCC4)cc3)c(-c3ccccc3)cc21. The van der Waals surface area contributed by atoms with Gasteiger partial charge in [0.05, 0.1) is 16.9 Å². The van der Waals surface area contributed by atoms with E-state index in [2.05, 4.69) is 33.9 Å². The van der Waals surface area contributed by atoms with E-state index in [1.807, 2.05) is 42.5 Å². The largest absolute Gasteiger partial charge is 0.465 e. The number of nitrogens with one attached hydrogen (secondary N) is 2.